The Bertz CT molecular complexity index is 1030. The van der Waals surface area contributed by atoms with E-state index >= 15 is 0 Å². The first-order valence-corrected chi connectivity index (χ1v) is 11.5. The lowest BCUT2D eigenvalue weighted by Crippen LogP contribution is -2.50. The Kier molecular flexibility index (Phi) is 7.47. The van der Waals surface area contributed by atoms with E-state index in [9.17, 15) is 14.4 Å². The van der Waals surface area contributed by atoms with Crippen molar-refractivity contribution in [2.45, 2.75) is 45.3 Å². The predicted octanol–water partition coefficient (Wildman–Crippen LogP) is 4.04. The number of anilines is 1. The molecule has 1 aliphatic rings. The average molecular weight is 475 g/mol. The van der Waals surface area contributed by atoms with Crippen LogP contribution in [-0.4, -0.2) is 54.8 Å². The van der Waals surface area contributed by atoms with E-state index in [1.54, 1.807) is 18.1 Å². The topological polar surface area (TPSA) is 123 Å². The Morgan fingerprint density at radius 3 is 2.64 bits per heavy atom. The molecule has 0 spiro atoms. The fraction of sp³-hybridized carbons (Fsp3) is 0.435. The van der Waals surface area contributed by atoms with E-state index in [4.69, 9.17) is 15.2 Å². The summed E-state index contributed by atoms with van der Waals surface area (Å²) in [5.41, 5.74) is 5.89. The van der Waals surface area contributed by atoms with E-state index in [0.717, 1.165) is 23.3 Å². The van der Waals surface area contributed by atoms with Crippen LogP contribution < -0.4 is 21.1 Å². The lowest BCUT2D eigenvalue weighted by atomic mass is 10.1. The van der Waals surface area contributed by atoms with Crippen LogP contribution >= 0.6 is 11.3 Å². The number of nitrogens with zero attached hydrogens (tertiary/aromatic N) is 1. The molecule has 2 heterocycles. The fourth-order valence-electron chi connectivity index (χ4n) is 3.53. The summed E-state index contributed by atoms with van der Waals surface area (Å²) in [6.07, 6.45) is 1.08. The van der Waals surface area contributed by atoms with Gasteiger partial charge in [-0.3, -0.25) is 10.1 Å². The number of carbonyl (C=O) groups is 3. The Hall–Kier alpha value is -3.27. The number of hydrogen-bond acceptors (Lipinski definition) is 6. The van der Waals surface area contributed by atoms with Crippen LogP contribution in [0.4, 0.5) is 14.6 Å². The third-order valence-electron chi connectivity index (χ3n) is 4.98. The first kappa shape index (κ1) is 24.4. The molecular formula is C23H30N4O5S. The van der Waals surface area contributed by atoms with Crippen LogP contribution in [0.15, 0.2) is 30.3 Å². The fourth-order valence-corrected chi connectivity index (χ4v) is 4.59. The van der Waals surface area contributed by atoms with Crippen LogP contribution in [0.2, 0.25) is 0 Å². The van der Waals surface area contributed by atoms with Crippen LogP contribution in [-0.2, 0) is 4.74 Å². The number of hydrogen-bond donors (Lipinski definition) is 3. The van der Waals surface area contributed by atoms with Gasteiger partial charge < -0.3 is 25.4 Å². The van der Waals surface area contributed by atoms with Gasteiger partial charge in [0.05, 0.1) is 12.7 Å². The highest BCUT2D eigenvalue weighted by atomic mass is 32.1. The second-order valence-electron chi connectivity index (χ2n) is 8.81. The SMILES string of the molecule is COc1cccc(-c2cc(C(=O)N[C@H]3CCCN(C(=O)OC(C)(C)C)C3)c(NC(N)=O)s2)c1. The molecule has 1 fully saturated rings. The van der Waals surface area contributed by atoms with Gasteiger partial charge in [-0.25, -0.2) is 9.59 Å². The van der Waals surface area contributed by atoms with Crippen molar-refractivity contribution in [2.75, 3.05) is 25.5 Å². The number of likely N-dealkylation sites (tertiary alicyclic amines) is 1. The van der Waals surface area contributed by atoms with Crippen molar-refractivity contribution in [1.82, 2.24) is 10.2 Å². The van der Waals surface area contributed by atoms with Crippen LogP contribution in [0.3, 0.4) is 0 Å². The summed E-state index contributed by atoms with van der Waals surface area (Å²) in [6, 6.07) is 8.14. The summed E-state index contributed by atoms with van der Waals surface area (Å²) in [5, 5.41) is 5.89. The van der Waals surface area contributed by atoms with E-state index in [2.05, 4.69) is 10.6 Å². The quantitative estimate of drug-likeness (QED) is 0.603. The number of piperidine rings is 1. The average Bonchev–Trinajstić information content (AvgIpc) is 3.16. The highest BCUT2D eigenvalue weighted by molar-refractivity contribution is 7.20. The van der Waals surface area contributed by atoms with E-state index in [-0.39, 0.29) is 11.9 Å². The van der Waals surface area contributed by atoms with Gasteiger partial charge in [-0.05, 0) is 57.4 Å². The molecule has 1 aromatic carbocycles. The number of nitrogens with two attached hydrogens (primary N) is 1. The highest BCUT2D eigenvalue weighted by Crippen LogP contribution is 2.36. The first-order valence-electron chi connectivity index (χ1n) is 10.7. The molecule has 1 saturated heterocycles. The maximum atomic E-state index is 13.1. The lowest BCUT2D eigenvalue weighted by molar-refractivity contribution is 0.0185. The zero-order valence-electron chi connectivity index (χ0n) is 19.3. The van der Waals surface area contributed by atoms with E-state index in [1.165, 1.54) is 11.3 Å². The van der Waals surface area contributed by atoms with Gasteiger partial charge in [-0.2, -0.15) is 0 Å². The summed E-state index contributed by atoms with van der Waals surface area (Å²) in [4.78, 5) is 39.5. The molecule has 1 aromatic heterocycles. The predicted molar refractivity (Wildman–Crippen MR) is 128 cm³/mol. The van der Waals surface area contributed by atoms with Crippen molar-refractivity contribution in [2.24, 2.45) is 5.73 Å². The molecule has 1 aliphatic heterocycles. The van der Waals surface area contributed by atoms with Gasteiger partial charge >= 0.3 is 12.1 Å². The molecule has 10 heteroatoms. The number of benzene rings is 1. The summed E-state index contributed by atoms with van der Waals surface area (Å²) in [5.74, 6) is 0.334. The molecule has 4 amide bonds. The normalized spacial score (nSPS) is 16.1. The van der Waals surface area contributed by atoms with Crippen molar-refractivity contribution in [3.05, 3.63) is 35.9 Å². The Labute approximate surface area is 197 Å². The smallest absolute Gasteiger partial charge is 0.410 e. The molecule has 3 rings (SSSR count). The maximum absolute atomic E-state index is 13.1. The van der Waals surface area contributed by atoms with Gasteiger partial charge in [-0.1, -0.05) is 12.1 Å². The maximum Gasteiger partial charge on any atom is 0.410 e. The Morgan fingerprint density at radius 2 is 1.97 bits per heavy atom. The minimum Gasteiger partial charge on any atom is -0.497 e. The molecule has 0 unspecified atom stereocenters. The van der Waals surface area contributed by atoms with E-state index in [1.807, 2.05) is 45.0 Å². The highest BCUT2D eigenvalue weighted by Gasteiger charge is 2.29. The molecule has 0 saturated carbocycles. The minimum atomic E-state index is -0.753. The third-order valence-corrected chi connectivity index (χ3v) is 6.08. The molecule has 0 aliphatic carbocycles. The standard InChI is InChI=1S/C23H30N4O5S/c1-23(2,3)32-22(30)27-10-6-8-15(13-27)25-19(28)17-12-18(33-20(17)26-21(24)29)14-7-5-9-16(11-14)31-4/h5,7,9,11-12,15H,6,8,10,13H2,1-4H3,(H,25,28)(H3,24,26,29)/t15-/m0/s1. The van der Waals surface area contributed by atoms with Gasteiger partial charge in [0.2, 0.25) is 0 Å². The third kappa shape index (κ3) is 6.61. The van der Waals surface area contributed by atoms with E-state index in [0.29, 0.717) is 29.4 Å². The van der Waals surface area contributed by atoms with Gasteiger partial charge in [0, 0.05) is 24.0 Å². The first-order chi connectivity index (χ1) is 15.6. The number of thiophene rings is 1. The van der Waals surface area contributed by atoms with E-state index < -0.39 is 17.7 Å². The summed E-state index contributed by atoms with van der Waals surface area (Å²) < 4.78 is 10.7. The van der Waals surface area contributed by atoms with Gasteiger partial charge in [-0.15, -0.1) is 11.3 Å². The number of methoxy groups -OCH3 is 1. The second kappa shape index (κ2) is 10.1. The largest absolute Gasteiger partial charge is 0.497 e. The van der Waals surface area contributed by atoms with Crippen molar-refractivity contribution in [3.8, 4) is 16.2 Å². The summed E-state index contributed by atoms with van der Waals surface area (Å²) >= 11 is 1.25. The minimum absolute atomic E-state index is 0.236. The second-order valence-corrected chi connectivity index (χ2v) is 9.87. The monoisotopic (exact) mass is 474 g/mol. The number of ether oxygens (including phenoxy) is 2. The molecular weight excluding hydrogens is 444 g/mol. The van der Waals surface area contributed by atoms with Crippen LogP contribution in [0.5, 0.6) is 5.75 Å². The zero-order chi connectivity index (χ0) is 24.2. The van der Waals surface area contributed by atoms with Crippen molar-refractivity contribution in [1.29, 1.82) is 0 Å². The number of primary amides is 1. The lowest BCUT2D eigenvalue weighted by Gasteiger charge is -2.34. The van der Waals surface area contributed by atoms with Crippen molar-refractivity contribution >= 4 is 34.4 Å². The van der Waals surface area contributed by atoms with Gasteiger partial charge in [0.1, 0.15) is 16.4 Å². The van der Waals surface area contributed by atoms with Crippen LogP contribution in [0, 0.1) is 0 Å². The van der Waals surface area contributed by atoms with Crippen molar-refractivity contribution < 1.29 is 23.9 Å². The number of rotatable bonds is 5. The number of amides is 4. The summed E-state index contributed by atoms with van der Waals surface area (Å²) in [6.45, 7) is 6.38. The molecule has 2 aromatic rings. The van der Waals surface area contributed by atoms with Crippen LogP contribution in [0.25, 0.3) is 10.4 Å². The molecule has 4 N–H and O–H groups in total. The summed E-state index contributed by atoms with van der Waals surface area (Å²) in [7, 11) is 1.58. The van der Waals surface area contributed by atoms with Crippen LogP contribution in [0.1, 0.15) is 44.0 Å². The molecule has 0 bridgehead atoms. The number of carbonyl (C=O) groups excluding carboxylic acids is 3. The molecule has 0 radical (unpaired) electrons. The van der Waals surface area contributed by atoms with Gasteiger partial charge in [0.15, 0.2) is 0 Å². The Balaban J connectivity index is 1.77. The van der Waals surface area contributed by atoms with Crippen molar-refractivity contribution in [3.63, 3.8) is 0 Å². The number of urea groups is 1. The molecule has 9 nitrogen and oxygen atoms in total. The molecule has 178 valence electrons. The molecule has 1 atom stereocenters. The Morgan fingerprint density at radius 1 is 1.21 bits per heavy atom. The van der Waals surface area contributed by atoms with Gasteiger partial charge in [0.25, 0.3) is 5.91 Å². The zero-order valence-corrected chi connectivity index (χ0v) is 20.1. The number of nitrogens with one attached hydrogen (secondary N) is 2. The molecule has 33 heavy (non-hydrogen) atoms.